The highest BCUT2D eigenvalue weighted by molar-refractivity contribution is 5.88. The van der Waals surface area contributed by atoms with Gasteiger partial charge in [-0.25, -0.2) is 13.9 Å². The number of anilines is 2. The molecule has 5 rings (SSSR count). The summed E-state index contributed by atoms with van der Waals surface area (Å²) in [4.78, 5) is 30.3. The highest BCUT2D eigenvalue weighted by Crippen LogP contribution is 2.39. The molecule has 1 saturated heterocycles. The van der Waals surface area contributed by atoms with Crippen molar-refractivity contribution in [2.24, 2.45) is 7.05 Å². The molecule has 1 aliphatic rings. The summed E-state index contributed by atoms with van der Waals surface area (Å²) in [7, 11) is 1.73. The average Bonchev–Trinajstić information content (AvgIpc) is 3.43. The first kappa shape index (κ1) is 25.2. The number of hydrogen-bond acceptors (Lipinski definition) is 6. The van der Waals surface area contributed by atoms with Gasteiger partial charge in [-0.1, -0.05) is 0 Å². The number of carbonyl (C=O) groups excluding carboxylic acids is 2. The zero-order chi connectivity index (χ0) is 27.0. The standard InChI is InChI=1S/C24H22F4N8O2/c1-33-23(35-10-8-34(9-11-35)20(38)12-24(26,27)28)21(22(32-33)15-2-4-16(25)5-3-15)17-6-7-19-30-18(29-14-37)13-36(19)31-17/h2-7,13-14H,8-12H2,1H3,(H,29,37). The maximum absolute atomic E-state index is 13.7. The van der Waals surface area contributed by atoms with Crippen LogP contribution >= 0.6 is 0 Å². The Balaban J connectivity index is 1.54. The highest BCUT2D eigenvalue weighted by Gasteiger charge is 2.35. The molecule has 1 fully saturated rings. The van der Waals surface area contributed by atoms with E-state index in [-0.39, 0.29) is 26.2 Å². The zero-order valence-electron chi connectivity index (χ0n) is 20.1. The first-order chi connectivity index (χ1) is 18.1. The van der Waals surface area contributed by atoms with Crippen LogP contribution in [-0.4, -0.2) is 74.0 Å². The number of nitrogens with zero attached hydrogens (tertiary/aromatic N) is 7. The summed E-state index contributed by atoms with van der Waals surface area (Å²) in [6, 6.07) is 9.30. The van der Waals surface area contributed by atoms with Crippen LogP contribution in [0.5, 0.6) is 0 Å². The van der Waals surface area contributed by atoms with Crippen LogP contribution < -0.4 is 10.2 Å². The van der Waals surface area contributed by atoms with Crippen molar-refractivity contribution >= 4 is 29.6 Å². The Hall–Kier alpha value is -4.49. The minimum Gasteiger partial charge on any atom is -0.353 e. The molecule has 3 aromatic heterocycles. The Morgan fingerprint density at radius 2 is 1.76 bits per heavy atom. The Kier molecular flexibility index (Phi) is 6.46. The summed E-state index contributed by atoms with van der Waals surface area (Å²) in [6.45, 7) is 0.777. The number of benzene rings is 1. The fourth-order valence-electron chi connectivity index (χ4n) is 4.52. The molecule has 1 aliphatic heterocycles. The van der Waals surface area contributed by atoms with Gasteiger partial charge in [-0.3, -0.25) is 14.3 Å². The predicted octanol–water partition coefficient (Wildman–Crippen LogP) is 3.11. The van der Waals surface area contributed by atoms with Gasteiger partial charge in [0.25, 0.3) is 0 Å². The Morgan fingerprint density at radius 1 is 1.05 bits per heavy atom. The van der Waals surface area contributed by atoms with Crippen molar-refractivity contribution in [3.8, 4) is 22.5 Å². The van der Waals surface area contributed by atoms with E-state index < -0.39 is 24.3 Å². The molecule has 0 radical (unpaired) electrons. The molecule has 4 heterocycles. The summed E-state index contributed by atoms with van der Waals surface area (Å²) in [5.41, 5.74) is 2.78. The van der Waals surface area contributed by atoms with Crippen molar-refractivity contribution in [1.82, 2.24) is 29.3 Å². The van der Waals surface area contributed by atoms with Gasteiger partial charge in [0.1, 0.15) is 23.7 Å². The third kappa shape index (κ3) is 5.01. The molecule has 0 bridgehead atoms. The van der Waals surface area contributed by atoms with Gasteiger partial charge in [0.15, 0.2) is 11.5 Å². The summed E-state index contributed by atoms with van der Waals surface area (Å²) in [5, 5.41) is 11.8. The molecule has 2 amide bonds. The molecule has 10 nitrogen and oxygen atoms in total. The number of alkyl halides is 3. The first-order valence-electron chi connectivity index (χ1n) is 11.6. The lowest BCUT2D eigenvalue weighted by Gasteiger charge is -2.36. The number of imidazole rings is 1. The summed E-state index contributed by atoms with van der Waals surface area (Å²) in [6.07, 6.45) is -4.00. The van der Waals surface area contributed by atoms with Gasteiger partial charge in [-0.15, -0.1) is 0 Å². The first-order valence-corrected chi connectivity index (χ1v) is 11.6. The van der Waals surface area contributed by atoms with Crippen LogP contribution in [0.25, 0.3) is 28.2 Å². The molecule has 198 valence electrons. The second kappa shape index (κ2) is 9.76. The quantitative estimate of drug-likeness (QED) is 0.304. The van der Waals surface area contributed by atoms with Crippen LogP contribution in [0.3, 0.4) is 0 Å². The Morgan fingerprint density at radius 3 is 2.42 bits per heavy atom. The maximum atomic E-state index is 13.7. The molecule has 38 heavy (non-hydrogen) atoms. The fourth-order valence-corrected chi connectivity index (χ4v) is 4.52. The van der Waals surface area contributed by atoms with E-state index in [1.807, 2.05) is 4.90 Å². The number of carbonyl (C=O) groups is 2. The third-order valence-corrected chi connectivity index (χ3v) is 6.20. The molecular weight excluding hydrogens is 508 g/mol. The number of piperazine rings is 1. The lowest BCUT2D eigenvalue weighted by Crippen LogP contribution is -2.50. The van der Waals surface area contributed by atoms with Crippen LogP contribution in [0, 0.1) is 5.82 Å². The topological polar surface area (TPSA) is 101 Å². The number of aryl methyl sites for hydroxylation is 1. The van der Waals surface area contributed by atoms with Crippen molar-refractivity contribution in [3.05, 3.63) is 48.4 Å². The largest absolute Gasteiger partial charge is 0.397 e. The van der Waals surface area contributed by atoms with E-state index in [9.17, 15) is 27.2 Å². The van der Waals surface area contributed by atoms with Crippen LogP contribution in [0.4, 0.5) is 29.2 Å². The van der Waals surface area contributed by atoms with E-state index in [0.717, 1.165) is 0 Å². The highest BCUT2D eigenvalue weighted by atomic mass is 19.4. The van der Waals surface area contributed by atoms with Crippen molar-refractivity contribution in [3.63, 3.8) is 0 Å². The van der Waals surface area contributed by atoms with E-state index in [4.69, 9.17) is 0 Å². The molecule has 0 aliphatic carbocycles. The van der Waals surface area contributed by atoms with E-state index in [1.165, 1.54) is 21.5 Å². The molecule has 0 unspecified atom stereocenters. The van der Waals surface area contributed by atoms with Crippen LogP contribution in [0.2, 0.25) is 0 Å². The number of fused-ring (bicyclic) bond motifs is 1. The smallest absolute Gasteiger partial charge is 0.353 e. The third-order valence-electron chi connectivity index (χ3n) is 6.20. The van der Waals surface area contributed by atoms with Crippen molar-refractivity contribution in [1.29, 1.82) is 0 Å². The summed E-state index contributed by atoms with van der Waals surface area (Å²) < 4.78 is 54.9. The van der Waals surface area contributed by atoms with Gasteiger partial charge < -0.3 is 15.1 Å². The van der Waals surface area contributed by atoms with E-state index in [1.54, 1.807) is 42.2 Å². The number of nitrogens with one attached hydrogen (secondary N) is 1. The maximum Gasteiger partial charge on any atom is 0.397 e. The minimum absolute atomic E-state index is 0.111. The predicted molar refractivity (Wildman–Crippen MR) is 130 cm³/mol. The lowest BCUT2D eigenvalue weighted by atomic mass is 10.0. The van der Waals surface area contributed by atoms with Crippen molar-refractivity contribution in [2.45, 2.75) is 12.6 Å². The molecular formula is C24H22F4N8O2. The zero-order valence-corrected chi connectivity index (χ0v) is 20.1. The van der Waals surface area contributed by atoms with Crippen LogP contribution in [0.1, 0.15) is 6.42 Å². The van der Waals surface area contributed by atoms with Gasteiger partial charge in [-0.2, -0.15) is 23.4 Å². The van der Waals surface area contributed by atoms with Gasteiger partial charge >= 0.3 is 6.18 Å². The number of rotatable bonds is 6. The molecule has 4 aromatic rings. The molecule has 1 N–H and O–H groups in total. The second-order valence-corrected chi connectivity index (χ2v) is 8.75. The fraction of sp³-hybridized carbons (Fsp3) is 0.292. The summed E-state index contributed by atoms with van der Waals surface area (Å²) in [5.74, 6) is -0.402. The van der Waals surface area contributed by atoms with Crippen LogP contribution in [-0.2, 0) is 16.6 Å². The van der Waals surface area contributed by atoms with Crippen molar-refractivity contribution < 1.29 is 27.2 Å². The average molecular weight is 530 g/mol. The minimum atomic E-state index is -4.56. The van der Waals surface area contributed by atoms with E-state index in [2.05, 4.69) is 20.5 Å². The normalized spacial score (nSPS) is 14.2. The molecule has 0 spiro atoms. The Labute approximate surface area is 213 Å². The molecule has 0 atom stereocenters. The molecule has 14 heteroatoms. The van der Waals surface area contributed by atoms with Gasteiger partial charge in [0.05, 0.1) is 17.5 Å². The van der Waals surface area contributed by atoms with Gasteiger partial charge in [-0.05, 0) is 36.4 Å². The SMILES string of the molecule is Cn1nc(-c2ccc(F)cc2)c(-c2ccc3nc(NC=O)cn3n2)c1N1CCN(C(=O)CC(F)(F)F)CC1. The second-order valence-electron chi connectivity index (χ2n) is 8.75. The van der Waals surface area contributed by atoms with E-state index >= 15 is 0 Å². The van der Waals surface area contributed by atoms with Crippen LogP contribution in [0.15, 0.2) is 42.6 Å². The lowest BCUT2D eigenvalue weighted by molar-refractivity contribution is -0.161. The molecule has 0 saturated carbocycles. The number of amides is 2. The van der Waals surface area contributed by atoms with E-state index in [0.29, 0.717) is 46.2 Å². The number of aromatic nitrogens is 5. The van der Waals surface area contributed by atoms with Gasteiger partial charge in [0.2, 0.25) is 12.3 Å². The van der Waals surface area contributed by atoms with Gasteiger partial charge in [0, 0.05) is 38.8 Å². The number of halogens is 4. The number of hydrogen-bond donors (Lipinski definition) is 1. The monoisotopic (exact) mass is 530 g/mol. The van der Waals surface area contributed by atoms with Crippen molar-refractivity contribution in [2.75, 3.05) is 36.4 Å². The molecule has 1 aromatic carbocycles. The summed E-state index contributed by atoms with van der Waals surface area (Å²) >= 11 is 0. The Bertz CT molecular complexity index is 1490.